The minimum absolute atomic E-state index is 0.0120. The van der Waals surface area contributed by atoms with Gasteiger partial charge in [-0.25, -0.2) is 0 Å². The summed E-state index contributed by atoms with van der Waals surface area (Å²) in [5, 5.41) is 10.2. The topological polar surface area (TPSA) is 81.3 Å². The molecule has 2 N–H and O–H groups in total. The number of nitrogens with one attached hydrogen (secondary N) is 2. The Labute approximate surface area is 165 Å². The van der Waals surface area contributed by atoms with Gasteiger partial charge in [0.2, 0.25) is 5.91 Å². The third kappa shape index (κ3) is 4.25. The van der Waals surface area contributed by atoms with Gasteiger partial charge in [0.25, 0.3) is 5.91 Å². The number of rotatable bonds is 6. The van der Waals surface area contributed by atoms with E-state index in [-0.39, 0.29) is 11.8 Å². The lowest BCUT2D eigenvalue weighted by molar-refractivity contribution is -0.117. The maximum atomic E-state index is 12.6. The van der Waals surface area contributed by atoms with Crippen LogP contribution in [0.2, 0.25) is 0 Å². The third-order valence-corrected chi connectivity index (χ3v) is 5.53. The van der Waals surface area contributed by atoms with E-state index in [2.05, 4.69) is 27.3 Å². The van der Waals surface area contributed by atoms with Crippen molar-refractivity contribution >= 4 is 17.5 Å². The summed E-state index contributed by atoms with van der Waals surface area (Å²) in [5.74, 6) is 0.522. The summed E-state index contributed by atoms with van der Waals surface area (Å²) in [4.78, 5) is 29.0. The van der Waals surface area contributed by atoms with Crippen LogP contribution >= 0.6 is 0 Å². The minimum atomic E-state index is -0.0240. The first-order chi connectivity index (χ1) is 13.6. The molecule has 0 unspecified atom stereocenters. The van der Waals surface area contributed by atoms with Crippen LogP contribution in [0.25, 0.3) is 0 Å². The first-order valence-corrected chi connectivity index (χ1v) is 10.1. The molecule has 2 amide bonds. The van der Waals surface area contributed by atoms with Crippen LogP contribution in [-0.4, -0.2) is 64.5 Å². The van der Waals surface area contributed by atoms with E-state index in [1.165, 1.54) is 12.8 Å². The molecule has 0 bridgehead atoms. The van der Waals surface area contributed by atoms with Gasteiger partial charge in [0.1, 0.15) is 5.69 Å². The zero-order valence-corrected chi connectivity index (χ0v) is 16.3. The van der Waals surface area contributed by atoms with Crippen molar-refractivity contribution < 1.29 is 9.59 Å². The number of carbonyl (C=O) groups excluding carboxylic acids is 2. The number of para-hydroxylation sites is 1. The van der Waals surface area contributed by atoms with Crippen LogP contribution < -0.4 is 5.32 Å². The Morgan fingerprint density at radius 1 is 1.18 bits per heavy atom. The van der Waals surface area contributed by atoms with Gasteiger partial charge in [-0.1, -0.05) is 25.1 Å². The molecule has 2 heterocycles. The van der Waals surface area contributed by atoms with Gasteiger partial charge < -0.3 is 10.2 Å². The molecule has 0 atom stereocenters. The van der Waals surface area contributed by atoms with Crippen LogP contribution in [0.3, 0.4) is 0 Å². The average Bonchev–Trinajstić information content (AvgIpc) is 3.45. The molecule has 7 nitrogen and oxygen atoms in total. The Morgan fingerprint density at radius 3 is 2.64 bits per heavy atom. The largest absolute Gasteiger partial charge is 0.335 e. The second-order valence-electron chi connectivity index (χ2n) is 7.61. The van der Waals surface area contributed by atoms with Crippen molar-refractivity contribution in [2.75, 3.05) is 38.0 Å². The molecule has 2 aromatic rings. The summed E-state index contributed by atoms with van der Waals surface area (Å²) in [5.41, 5.74) is 3.60. The van der Waals surface area contributed by atoms with Crippen LogP contribution in [-0.2, 0) is 11.2 Å². The molecule has 0 spiro atoms. The quantitative estimate of drug-likeness (QED) is 0.804. The molecule has 2 aliphatic rings. The minimum Gasteiger partial charge on any atom is -0.335 e. The van der Waals surface area contributed by atoms with Crippen molar-refractivity contribution in [1.82, 2.24) is 20.0 Å². The number of piperazine rings is 1. The summed E-state index contributed by atoms with van der Waals surface area (Å²) >= 11 is 0. The molecule has 1 saturated carbocycles. The predicted molar refractivity (Wildman–Crippen MR) is 107 cm³/mol. The SMILES string of the molecule is CCc1ccccc1NC(=O)CN1CCN(C(=O)c2cc(C3CC3)[nH]n2)CC1. The number of aromatic amines is 1. The Morgan fingerprint density at radius 2 is 1.93 bits per heavy atom. The third-order valence-electron chi connectivity index (χ3n) is 5.53. The van der Waals surface area contributed by atoms with Crippen LogP contribution in [0, 0.1) is 0 Å². The summed E-state index contributed by atoms with van der Waals surface area (Å²) in [6.07, 6.45) is 3.24. The molecule has 7 heteroatoms. The van der Waals surface area contributed by atoms with Crippen molar-refractivity contribution in [3.05, 3.63) is 47.3 Å². The first-order valence-electron chi connectivity index (χ1n) is 10.1. The smallest absolute Gasteiger partial charge is 0.274 e. The summed E-state index contributed by atoms with van der Waals surface area (Å²) in [7, 11) is 0. The lowest BCUT2D eigenvalue weighted by atomic mass is 10.1. The van der Waals surface area contributed by atoms with E-state index >= 15 is 0 Å². The molecule has 1 aromatic carbocycles. The number of carbonyl (C=O) groups is 2. The summed E-state index contributed by atoms with van der Waals surface area (Å²) < 4.78 is 0. The van der Waals surface area contributed by atoms with E-state index in [4.69, 9.17) is 0 Å². The van der Waals surface area contributed by atoms with Gasteiger partial charge >= 0.3 is 0 Å². The molecule has 0 radical (unpaired) electrons. The summed E-state index contributed by atoms with van der Waals surface area (Å²) in [6.45, 7) is 5.03. The Balaban J connectivity index is 1.26. The maximum Gasteiger partial charge on any atom is 0.274 e. The molecule has 1 saturated heterocycles. The van der Waals surface area contributed by atoms with Crippen molar-refractivity contribution in [3.8, 4) is 0 Å². The van der Waals surface area contributed by atoms with Gasteiger partial charge in [0, 0.05) is 43.5 Å². The highest BCUT2D eigenvalue weighted by atomic mass is 16.2. The molecule has 28 heavy (non-hydrogen) atoms. The van der Waals surface area contributed by atoms with E-state index in [9.17, 15) is 9.59 Å². The van der Waals surface area contributed by atoms with Gasteiger partial charge in [-0.05, 0) is 37.0 Å². The van der Waals surface area contributed by atoms with Crippen LogP contribution in [0.1, 0.15) is 47.4 Å². The zero-order chi connectivity index (χ0) is 19.5. The number of nitrogens with zero attached hydrogens (tertiary/aromatic N) is 3. The number of hydrogen-bond acceptors (Lipinski definition) is 4. The Kier molecular flexibility index (Phi) is 5.43. The normalized spacial score (nSPS) is 17.5. The second-order valence-corrected chi connectivity index (χ2v) is 7.61. The number of H-pyrrole nitrogens is 1. The van der Waals surface area contributed by atoms with E-state index in [1.54, 1.807) is 0 Å². The van der Waals surface area contributed by atoms with Crippen LogP contribution in [0.5, 0.6) is 0 Å². The zero-order valence-electron chi connectivity index (χ0n) is 16.3. The molecular formula is C21H27N5O2. The fourth-order valence-corrected chi connectivity index (χ4v) is 3.66. The average molecular weight is 381 g/mol. The fraction of sp³-hybridized carbons (Fsp3) is 0.476. The van der Waals surface area contributed by atoms with Crippen LogP contribution in [0.15, 0.2) is 30.3 Å². The van der Waals surface area contributed by atoms with Gasteiger partial charge in [-0.2, -0.15) is 5.10 Å². The molecule has 2 fully saturated rings. The van der Waals surface area contributed by atoms with Crippen LogP contribution in [0.4, 0.5) is 5.69 Å². The van der Waals surface area contributed by atoms with Crippen molar-refractivity contribution in [2.24, 2.45) is 0 Å². The lowest BCUT2D eigenvalue weighted by Gasteiger charge is -2.34. The fourth-order valence-electron chi connectivity index (χ4n) is 3.66. The summed E-state index contributed by atoms with van der Waals surface area (Å²) in [6, 6.07) is 9.78. The first kappa shape index (κ1) is 18.7. The van der Waals surface area contributed by atoms with Gasteiger partial charge in [-0.15, -0.1) is 0 Å². The van der Waals surface area contributed by atoms with Gasteiger partial charge in [0.05, 0.1) is 6.54 Å². The number of anilines is 1. The molecule has 1 aliphatic heterocycles. The van der Waals surface area contributed by atoms with E-state index in [0.717, 1.165) is 23.4 Å². The monoisotopic (exact) mass is 381 g/mol. The van der Waals surface area contributed by atoms with Crippen molar-refractivity contribution in [1.29, 1.82) is 0 Å². The Bertz CT molecular complexity index is 850. The second kappa shape index (κ2) is 8.14. The molecule has 4 rings (SSSR count). The van der Waals surface area contributed by atoms with E-state index in [1.807, 2.05) is 35.2 Å². The number of aromatic nitrogens is 2. The van der Waals surface area contributed by atoms with Gasteiger partial charge in [-0.3, -0.25) is 19.6 Å². The number of amides is 2. The molecule has 1 aliphatic carbocycles. The van der Waals surface area contributed by atoms with E-state index in [0.29, 0.717) is 44.3 Å². The van der Waals surface area contributed by atoms with Crippen molar-refractivity contribution in [3.63, 3.8) is 0 Å². The lowest BCUT2D eigenvalue weighted by Crippen LogP contribution is -2.50. The molecule has 148 valence electrons. The Hall–Kier alpha value is -2.67. The maximum absolute atomic E-state index is 12.6. The molecule has 1 aromatic heterocycles. The number of benzene rings is 1. The highest BCUT2D eigenvalue weighted by molar-refractivity contribution is 5.93. The number of hydrogen-bond donors (Lipinski definition) is 2. The standard InChI is InChI=1S/C21H27N5O2/c1-2-15-5-3-4-6-17(15)22-20(27)14-25-9-11-26(12-10-25)21(28)19-13-18(23-24-19)16-7-8-16/h3-6,13,16H,2,7-12,14H2,1H3,(H,22,27)(H,23,24). The predicted octanol–water partition coefficient (Wildman–Crippen LogP) is 2.25. The van der Waals surface area contributed by atoms with Crippen molar-refractivity contribution in [2.45, 2.75) is 32.1 Å². The molecular weight excluding hydrogens is 354 g/mol. The van der Waals surface area contributed by atoms with E-state index < -0.39 is 0 Å². The number of aryl methyl sites for hydroxylation is 1. The van der Waals surface area contributed by atoms with Gasteiger partial charge in [0.15, 0.2) is 0 Å². The highest BCUT2D eigenvalue weighted by Crippen LogP contribution is 2.39. The highest BCUT2D eigenvalue weighted by Gasteiger charge is 2.29.